The van der Waals surface area contributed by atoms with E-state index < -0.39 is 24.0 Å². The lowest BCUT2D eigenvalue weighted by atomic mass is 9.97. The summed E-state index contributed by atoms with van der Waals surface area (Å²) in [4.78, 5) is 22.6. The average Bonchev–Trinajstić information content (AvgIpc) is 2.26. The zero-order valence-electron chi connectivity index (χ0n) is 7.72. The molecule has 6 heteroatoms. The van der Waals surface area contributed by atoms with E-state index >= 15 is 0 Å². The SMILES string of the molecule is NC1CN(C(=O)O)CCCC1C(=O)O. The molecule has 80 valence electrons. The second-order valence-corrected chi connectivity index (χ2v) is 3.48. The topological polar surface area (TPSA) is 104 Å². The molecule has 0 radical (unpaired) electrons. The standard InChI is InChI=1S/C8H14N2O4/c9-6-4-10(8(13)14)3-1-2-5(6)7(11)12/h5-6H,1-4,9H2,(H,11,12)(H,13,14). The number of likely N-dealkylation sites (tertiary alicyclic amines) is 1. The van der Waals surface area contributed by atoms with Gasteiger partial charge in [0.05, 0.1) is 5.92 Å². The highest BCUT2D eigenvalue weighted by Crippen LogP contribution is 2.16. The zero-order valence-corrected chi connectivity index (χ0v) is 7.72. The third-order valence-corrected chi connectivity index (χ3v) is 2.48. The van der Waals surface area contributed by atoms with Crippen molar-refractivity contribution in [1.82, 2.24) is 4.90 Å². The second kappa shape index (κ2) is 4.28. The number of nitrogens with two attached hydrogens (primary N) is 1. The van der Waals surface area contributed by atoms with E-state index in [4.69, 9.17) is 15.9 Å². The molecule has 0 aromatic carbocycles. The van der Waals surface area contributed by atoms with Gasteiger partial charge in [0.1, 0.15) is 0 Å². The number of rotatable bonds is 1. The first-order valence-corrected chi connectivity index (χ1v) is 4.48. The number of aliphatic carboxylic acids is 1. The maximum atomic E-state index is 10.7. The van der Waals surface area contributed by atoms with Gasteiger partial charge in [-0.1, -0.05) is 0 Å². The molecule has 1 rings (SSSR count). The fourth-order valence-electron chi connectivity index (χ4n) is 1.67. The molecular formula is C8H14N2O4. The van der Waals surface area contributed by atoms with Gasteiger partial charge in [-0.3, -0.25) is 4.79 Å². The van der Waals surface area contributed by atoms with E-state index in [1.54, 1.807) is 0 Å². The van der Waals surface area contributed by atoms with Crippen LogP contribution in [0.4, 0.5) is 4.79 Å². The zero-order chi connectivity index (χ0) is 10.7. The molecule has 14 heavy (non-hydrogen) atoms. The van der Waals surface area contributed by atoms with Crippen molar-refractivity contribution in [2.24, 2.45) is 11.7 Å². The lowest BCUT2D eigenvalue weighted by molar-refractivity contribution is -0.142. The Morgan fingerprint density at radius 2 is 2.00 bits per heavy atom. The van der Waals surface area contributed by atoms with Crippen molar-refractivity contribution in [3.05, 3.63) is 0 Å². The number of amides is 1. The summed E-state index contributed by atoms with van der Waals surface area (Å²) in [6.45, 7) is 0.471. The smallest absolute Gasteiger partial charge is 0.407 e. The fourth-order valence-corrected chi connectivity index (χ4v) is 1.67. The van der Waals surface area contributed by atoms with Gasteiger partial charge in [0.25, 0.3) is 0 Å². The Labute approximate surface area is 81.3 Å². The number of carboxylic acid groups (broad SMARTS) is 2. The van der Waals surface area contributed by atoms with Gasteiger partial charge in [-0.15, -0.1) is 0 Å². The van der Waals surface area contributed by atoms with Crippen LogP contribution in [0.5, 0.6) is 0 Å². The molecule has 1 fully saturated rings. The van der Waals surface area contributed by atoms with Crippen LogP contribution in [0.3, 0.4) is 0 Å². The largest absolute Gasteiger partial charge is 0.481 e. The monoisotopic (exact) mass is 202 g/mol. The van der Waals surface area contributed by atoms with Gasteiger partial charge in [0.15, 0.2) is 0 Å². The molecule has 2 unspecified atom stereocenters. The summed E-state index contributed by atoms with van der Waals surface area (Å²) in [5.41, 5.74) is 5.62. The van der Waals surface area contributed by atoms with Crippen LogP contribution in [0.1, 0.15) is 12.8 Å². The Morgan fingerprint density at radius 1 is 1.36 bits per heavy atom. The Balaban J connectivity index is 2.65. The molecule has 1 saturated heterocycles. The first-order valence-electron chi connectivity index (χ1n) is 4.48. The molecular weight excluding hydrogens is 188 g/mol. The normalized spacial score (nSPS) is 28.2. The minimum absolute atomic E-state index is 0.103. The van der Waals surface area contributed by atoms with Crippen molar-refractivity contribution >= 4 is 12.1 Å². The first-order chi connectivity index (χ1) is 6.52. The predicted molar refractivity (Wildman–Crippen MR) is 47.9 cm³/mol. The van der Waals surface area contributed by atoms with E-state index in [1.165, 1.54) is 4.90 Å². The van der Waals surface area contributed by atoms with Crippen LogP contribution in [0.15, 0.2) is 0 Å². The average molecular weight is 202 g/mol. The van der Waals surface area contributed by atoms with Crippen LogP contribution >= 0.6 is 0 Å². The molecule has 4 N–H and O–H groups in total. The van der Waals surface area contributed by atoms with Crippen molar-refractivity contribution < 1.29 is 19.8 Å². The summed E-state index contributed by atoms with van der Waals surface area (Å²) >= 11 is 0. The Kier molecular flexibility index (Phi) is 3.29. The summed E-state index contributed by atoms with van der Waals surface area (Å²) in [6.07, 6.45) is -0.0384. The summed E-state index contributed by atoms with van der Waals surface area (Å²) in [5.74, 6) is -1.57. The van der Waals surface area contributed by atoms with Crippen LogP contribution in [0.25, 0.3) is 0 Å². The number of carboxylic acids is 1. The second-order valence-electron chi connectivity index (χ2n) is 3.48. The maximum Gasteiger partial charge on any atom is 0.407 e. The number of hydrogen-bond donors (Lipinski definition) is 3. The van der Waals surface area contributed by atoms with E-state index in [1.807, 2.05) is 0 Å². The highest BCUT2D eigenvalue weighted by molar-refractivity contribution is 5.71. The molecule has 1 aliphatic rings. The Morgan fingerprint density at radius 3 is 2.50 bits per heavy atom. The van der Waals surface area contributed by atoms with E-state index in [0.717, 1.165) is 0 Å². The van der Waals surface area contributed by atoms with Gasteiger partial charge >= 0.3 is 12.1 Å². The summed E-state index contributed by atoms with van der Waals surface area (Å²) < 4.78 is 0. The van der Waals surface area contributed by atoms with Gasteiger partial charge in [0.2, 0.25) is 0 Å². The third-order valence-electron chi connectivity index (χ3n) is 2.48. The van der Waals surface area contributed by atoms with Crippen LogP contribution in [0.2, 0.25) is 0 Å². The van der Waals surface area contributed by atoms with E-state index in [2.05, 4.69) is 0 Å². The minimum Gasteiger partial charge on any atom is -0.481 e. The van der Waals surface area contributed by atoms with Crippen molar-refractivity contribution in [3.8, 4) is 0 Å². The minimum atomic E-state index is -1.04. The molecule has 0 aliphatic carbocycles. The van der Waals surface area contributed by atoms with E-state index in [-0.39, 0.29) is 6.54 Å². The number of carbonyl (C=O) groups is 2. The highest BCUT2D eigenvalue weighted by atomic mass is 16.4. The third kappa shape index (κ3) is 2.35. The van der Waals surface area contributed by atoms with Crippen LogP contribution in [0, 0.1) is 5.92 Å². The van der Waals surface area contributed by atoms with E-state index in [0.29, 0.717) is 19.4 Å². The molecule has 0 saturated carbocycles. The van der Waals surface area contributed by atoms with Crippen LogP contribution < -0.4 is 5.73 Å². The van der Waals surface area contributed by atoms with Gasteiger partial charge in [-0.25, -0.2) is 4.79 Å². The molecule has 1 amide bonds. The Hall–Kier alpha value is -1.30. The van der Waals surface area contributed by atoms with Gasteiger partial charge in [0, 0.05) is 19.1 Å². The van der Waals surface area contributed by atoms with Crippen molar-refractivity contribution in [3.63, 3.8) is 0 Å². The number of hydrogen-bond acceptors (Lipinski definition) is 3. The van der Waals surface area contributed by atoms with Gasteiger partial charge in [-0.05, 0) is 12.8 Å². The molecule has 0 aromatic heterocycles. The molecule has 1 aliphatic heterocycles. The van der Waals surface area contributed by atoms with Crippen molar-refractivity contribution in [2.75, 3.05) is 13.1 Å². The van der Waals surface area contributed by atoms with Crippen molar-refractivity contribution in [2.45, 2.75) is 18.9 Å². The number of nitrogens with zero attached hydrogens (tertiary/aromatic N) is 1. The van der Waals surface area contributed by atoms with Gasteiger partial charge < -0.3 is 20.8 Å². The molecule has 6 nitrogen and oxygen atoms in total. The maximum absolute atomic E-state index is 10.7. The van der Waals surface area contributed by atoms with Crippen molar-refractivity contribution in [1.29, 1.82) is 0 Å². The van der Waals surface area contributed by atoms with Crippen LogP contribution in [-0.2, 0) is 4.79 Å². The quantitative estimate of drug-likeness (QED) is 0.545. The van der Waals surface area contributed by atoms with E-state index in [9.17, 15) is 9.59 Å². The summed E-state index contributed by atoms with van der Waals surface area (Å²) in [5, 5.41) is 17.5. The lowest BCUT2D eigenvalue weighted by Crippen LogP contribution is -2.44. The molecule has 2 atom stereocenters. The van der Waals surface area contributed by atoms with Crippen LogP contribution in [-0.4, -0.2) is 46.3 Å². The Bertz CT molecular complexity index is 243. The summed E-state index contributed by atoms with van der Waals surface area (Å²) in [7, 11) is 0. The predicted octanol–water partition coefficient (Wildman–Crippen LogP) is -0.212. The first kappa shape index (κ1) is 10.8. The fraction of sp³-hybridized carbons (Fsp3) is 0.750. The molecule has 1 heterocycles. The molecule has 0 spiro atoms. The highest BCUT2D eigenvalue weighted by Gasteiger charge is 2.30. The molecule has 0 aromatic rings. The lowest BCUT2D eigenvalue weighted by Gasteiger charge is -2.21. The van der Waals surface area contributed by atoms with Gasteiger partial charge in [-0.2, -0.15) is 0 Å². The molecule has 0 bridgehead atoms. The summed E-state index contributed by atoms with van der Waals surface area (Å²) in [6, 6.07) is -0.605.